The molecule has 0 heterocycles. The van der Waals surface area contributed by atoms with Crippen LogP contribution in [0.1, 0.15) is 33.1 Å². The molecule has 0 radical (unpaired) electrons. The van der Waals surface area contributed by atoms with E-state index in [1.165, 1.54) is 0 Å². The average molecular weight is 259 g/mol. The van der Waals surface area contributed by atoms with Crippen molar-refractivity contribution in [2.24, 2.45) is 5.73 Å². The van der Waals surface area contributed by atoms with E-state index in [2.05, 4.69) is 10.6 Å². The van der Waals surface area contributed by atoms with Crippen molar-refractivity contribution < 1.29 is 14.3 Å². The van der Waals surface area contributed by atoms with Crippen molar-refractivity contribution in [3.05, 3.63) is 0 Å². The Bertz CT molecular complexity index is 257. The molecule has 0 aromatic carbocycles. The summed E-state index contributed by atoms with van der Waals surface area (Å²) in [5.41, 5.74) is 5.59. The second kappa shape index (κ2) is 9.85. The van der Waals surface area contributed by atoms with Gasteiger partial charge in [-0.15, -0.1) is 0 Å². The van der Waals surface area contributed by atoms with Crippen molar-refractivity contribution in [1.29, 1.82) is 0 Å². The minimum Gasteiger partial charge on any atom is -0.383 e. The van der Waals surface area contributed by atoms with Gasteiger partial charge in [0.2, 0.25) is 11.8 Å². The predicted octanol–water partition coefficient (Wildman–Crippen LogP) is -0.229. The van der Waals surface area contributed by atoms with E-state index in [4.69, 9.17) is 10.5 Å². The molecule has 0 spiro atoms. The van der Waals surface area contributed by atoms with E-state index < -0.39 is 6.04 Å². The maximum Gasteiger partial charge on any atom is 0.242 e. The predicted molar refractivity (Wildman–Crippen MR) is 70.0 cm³/mol. The van der Waals surface area contributed by atoms with Crippen molar-refractivity contribution in [2.45, 2.75) is 45.2 Å². The van der Waals surface area contributed by atoms with E-state index >= 15 is 0 Å². The van der Waals surface area contributed by atoms with E-state index in [0.29, 0.717) is 19.6 Å². The molecule has 0 aliphatic rings. The number of hydrogen-bond donors (Lipinski definition) is 3. The Balaban J connectivity index is 3.74. The summed E-state index contributed by atoms with van der Waals surface area (Å²) in [4.78, 5) is 23.0. The maximum absolute atomic E-state index is 11.5. The quantitative estimate of drug-likeness (QED) is 0.499. The lowest BCUT2D eigenvalue weighted by molar-refractivity contribution is -0.128. The first-order chi connectivity index (χ1) is 8.47. The number of carbonyl (C=O) groups is 2. The van der Waals surface area contributed by atoms with Gasteiger partial charge >= 0.3 is 0 Å². The number of methoxy groups -OCH3 is 1. The monoisotopic (exact) mass is 259 g/mol. The normalized spacial score (nSPS) is 13.8. The molecule has 2 atom stereocenters. The largest absolute Gasteiger partial charge is 0.383 e. The Morgan fingerprint density at radius 3 is 2.56 bits per heavy atom. The molecule has 0 aliphatic heterocycles. The topological polar surface area (TPSA) is 93.5 Å². The molecule has 0 fully saturated rings. The number of nitrogens with one attached hydrogen (secondary N) is 2. The van der Waals surface area contributed by atoms with Crippen LogP contribution in [0.2, 0.25) is 0 Å². The van der Waals surface area contributed by atoms with Gasteiger partial charge in [-0.25, -0.2) is 0 Å². The molecule has 0 bridgehead atoms. The Kier molecular flexibility index (Phi) is 9.22. The van der Waals surface area contributed by atoms with Crippen LogP contribution in [-0.4, -0.2) is 44.2 Å². The number of nitrogens with two attached hydrogens (primary N) is 1. The zero-order chi connectivity index (χ0) is 14.0. The van der Waals surface area contributed by atoms with Crippen LogP contribution in [0.4, 0.5) is 0 Å². The Morgan fingerprint density at radius 2 is 2.00 bits per heavy atom. The van der Waals surface area contributed by atoms with E-state index in [1.54, 1.807) is 14.0 Å². The van der Waals surface area contributed by atoms with Crippen LogP contribution in [0.3, 0.4) is 0 Å². The molecular weight excluding hydrogens is 234 g/mol. The summed E-state index contributed by atoms with van der Waals surface area (Å²) in [5, 5.41) is 5.31. The van der Waals surface area contributed by atoms with Gasteiger partial charge in [-0.3, -0.25) is 9.59 Å². The van der Waals surface area contributed by atoms with Crippen molar-refractivity contribution in [1.82, 2.24) is 10.6 Å². The lowest BCUT2D eigenvalue weighted by Crippen LogP contribution is -2.45. The van der Waals surface area contributed by atoms with Crippen LogP contribution in [0.5, 0.6) is 0 Å². The maximum atomic E-state index is 11.5. The fourth-order valence-corrected chi connectivity index (χ4v) is 1.39. The van der Waals surface area contributed by atoms with Gasteiger partial charge in [-0.05, 0) is 26.7 Å². The fraction of sp³-hybridized carbons (Fsp3) is 0.833. The van der Waals surface area contributed by atoms with E-state index in [-0.39, 0.29) is 17.9 Å². The van der Waals surface area contributed by atoms with Gasteiger partial charge in [0.15, 0.2) is 0 Å². The van der Waals surface area contributed by atoms with Crippen LogP contribution in [0, 0.1) is 0 Å². The van der Waals surface area contributed by atoms with E-state index in [9.17, 15) is 9.59 Å². The summed E-state index contributed by atoms with van der Waals surface area (Å²) in [5.74, 6) is -0.322. The molecule has 18 heavy (non-hydrogen) atoms. The van der Waals surface area contributed by atoms with Crippen LogP contribution in [0.15, 0.2) is 0 Å². The highest BCUT2D eigenvalue weighted by Gasteiger charge is 2.14. The molecule has 0 saturated heterocycles. The standard InChI is InChI=1S/C12H25N3O3/c1-9(13)5-4-6-11(16)15-10(2)12(17)14-7-8-18-3/h9-10H,4-8,13H2,1-3H3,(H,14,17)(H,15,16). The summed E-state index contributed by atoms with van der Waals surface area (Å²) < 4.78 is 4.81. The van der Waals surface area contributed by atoms with Crippen molar-refractivity contribution in [3.63, 3.8) is 0 Å². The summed E-state index contributed by atoms with van der Waals surface area (Å²) in [6.45, 7) is 4.47. The van der Waals surface area contributed by atoms with E-state index in [1.807, 2.05) is 6.92 Å². The van der Waals surface area contributed by atoms with E-state index in [0.717, 1.165) is 12.8 Å². The van der Waals surface area contributed by atoms with Crippen LogP contribution in [0.25, 0.3) is 0 Å². The molecule has 0 aliphatic carbocycles. The molecule has 6 nitrogen and oxygen atoms in total. The molecule has 2 amide bonds. The smallest absolute Gasteiger partial charge is 0.242 e. The van der Waals surface area contributed by atoms with Gasteiger partial charge in [-0.2, -0.15) is 0 Å². The fourth-order valence-electron chi connectivity index (χ4n) is 1.39. The zero-order valence-electron chi connectivity index (χ0n) is 11.5. The number of hydrogen-bond acceptors (Lipinski definition) is 4. The molecular formula is C12H25N3O3. The molecule has 0 rings (SSSR count). The molecule has 4 N–H and O–H groups in total. The summed E-state index contributed by atoms with van der Waals surface area (Å²) in [6.07, 6.45) is 1.95. The minimum atomic E-state index is -0.523. The van der Waals surface area contributed by atoms with Crippen molar-refractivity contribution >= 4 is 11.8 Å². The SMILES string of the molecule is COCCNC(=O)C(C)NC(=O)CCCC(C)N. The first-order valence-electron chi connectivity index (χ1n) is 6.29. The third-order valence-electron chi connectivity index (χ3n) is 2.44. The molecule has 6 heteroatoms. The molecule has 106 valence electrons. The van der Waals surface area contributed by atoms with Crippen LogP contribution < -0.4 is 16.4 Å². The van der Waals surface area contributed by atoms with Gasteiger partial charge in [0.05, 0.1) is 6.61 Å². The number of rotatable bonds is 9. The first kappa shape index (κ1) is 16.9. The van der Waals surface area contributed by atoms with Gasteiger partial charge in [0, 0.05) is 26.1 Å². The Morgan fingerprint density at radius 1 is 1.33 bits per heavy atom. The third-order valence-corrected chi connectivity index (χ3v) is 2.44. The summed E-state index contributed by atoms with van der Waals surface area (Å²) in [7, 11) is 1.57. The number of carbonyl (C=O) groups excluding carboxylic acids is 2. The van der Waals surface area contributed by atoms with Crippen molar-refractivity contribution in [3.8, 4) is 0 Å². The highest BCUT2D eigenvalue weighted by molar-refractivity contribution is 5.87. The average Bonchev–Trinajstić information content (AvgIpc) is 2.28. The van der Waals surface area contributed by atoms with Gasteiger partial charge in [0.25, 0.3) is 0 Å². The minimum absolute atomic E-state index is 0.104. The lowest BCUT2D eigenvalue weighted by Gasteiger charge is -2.14. The Hall–Kier alpha value is -1.14. The third kappa shape index (κ3) is 8.95. The highest BCUT2D eigenvalue weighted by Crippen LogP contribution is 1.98. The second-order valence-corrected chi connectivity index (χ2v) is 4.44. The molecule has 0 aromatic heterocycles. The number of ether oxygens (including phenoxy) is 1. The lowest BCUT2D eigenvalue weighted by atomic mass is 10.1. The number of amides is 2. The summed E-state index contributed by atoms with van der Waals surface area (Å²) >= 11 is 0. The first-order valence-corrected chi connectivity index (χ1v) is 6.29. The Labute approximate surface area is 109 Å². The van der Waals surface area contributed by atoms with Gasteiger partial charge in [0.1, 0.15) is 6.04 Å². The second-order valence-electron chi connectivity index (χ2n) is 4.44. The van der Waals surface area contributed by atoms with Crippen LogP contribution in [-0.2, 0) is 14.3 Å². The zero-order valence-corrected chi connectivity index (χ0v) is 11.5. The van der Waals surface area contributed by atoms with Crippen LogP contribution >= 0.6 is 0 Å². The molecule has 2 unspecified atom stereocenters. The highest BCUT2D eigenvalue weighted by atomic mass is 16.5. The van der Waals surface area contributed by atoms with Gasteiger partial charge in [-0.1, -0.05) is 0 Å². The van der Waals surface area contributed by atoms with Gasteiger partial charge < -0.3 is 21.1 Å². The molecule has 0 saturated carbocycles. The molecule has 0 aromatic rings. The summed E-state index contributed by atoms with van der Waals surface area (Å²) in [6, 6.07) is -0.419. The van der Waals surface area contributed by atoms with Crippen molar-refractivity contribution in [2.75, 3.05) is 20.3 Å².